The minimum atomic E-state index is -3.22. The van der Waals surface area contributed by atoms with Crippen LogP contribution in [0.1, 0.15) is 22.3 Å². The van der Waals surface area contributed by atoms with Gasteiger partial charge in [0.05, 0.1) is 18.1 Å². The van der Waals surface area contributed by atoms with Crippen molar-refractivity contribution >= 4 is 21.7 Å². The standard InChI is InChI=1S/C20H24N2O4S/c1-22(20(24)18-11-6-3-7-12-18)15-19(23)21-13-8-14-27(25,26)16-17-9-4-2-5-10-17/h2-7,9-12H,8,13-16H2,1H3,(H,21,23). The van der Waals surface area contributed by atoms with Gasteiger partial charge in [-0.15, -0.1) is 0 Å². The van der Waals surface area contributed by atoms with E-state index < -0.39 is 9.84 Å². The second-order valence-corrected chi connectivity index (χ2v) is 8.49. The van der Waals surface area contributed by atoms with Gasteiger partial charge in [0.2, 0.25) is 5.91 Å². The monoisotopic (exact) mass is 388 g/mol. The molecule has 0 fully saturated rings. The molecule has 0 radical (unpaired) electrons. The van der Waals surface area contributed by atoms with E-state index in [2.05, 4.69) is 5.32 Å². The number of benzene rings is 2. The maximum Gasteiger partial charge on any atom is 0.254 e. The van der Waals surface area contributed by atoms with Crippen molar-refractivity contribution in [2.75, 3.05) is 25.9 Å². The number of amides is 2. The topological polar surface area (TPSA) is 83.6 Å². The Morgan fingerprint density at radius 3 is 2.19 bits per heavy atom. The molecule has 0 aromatic heterocycles. The minimum absolute atomic E-state index is 0.000952. The van der Waals surface area contributed by atoms with Crippen molar-refractivity contribution in [3.8, 4) is 0 Å². The van der Waals surface area contributed by atoms with E-state index >= 15 is 0 Å². The molecule has 0 saturated heterocycles. The first-order chi connectivity index (χ1) is 12.9. The molecular weight excluding hydrogens is 364 g/mol. The highest BCUT2D eigenvalue weighted by Gasteiger charge is 2.15. The van der Waals surface area contributed by atoms with Gasteiger partial charge in [0.1, 0.15) is 0 Å². The lowest BCUT2D eigenvalue weighted by Crippen LogP contribution is -2.39. The predicted molar refractivity (Wildman–Crippen MR) is 105 cm³/mol. The van der Waals surface area contributed by atoms with Crippen LogP contribution in [0.3, 0.4) is 0 Å². The van der Waals surface area contributed by atoms with Crippen molar-refractivity contribution in [1.82, 2.24) is 10.2 Å². The van der Waals surface area contributed by atoms with E-state index in [1.165, 1.54) is 4.90 Å². The predicted octanol–water partition coefficient (Wildman–Crippen LogP) is 1.88. The van der Waals surface area contributed by atoms with E-state index in [4.69, 9.17) is 0 Å². The van der Waals surface area contributed by atoms with E-state index in [0.29, 0.717) is 12.0 Å². The van der Waals surface area contributed by atoms with Crippen LogP contribution in [0.25, 0.3) is 0 Å². The van der Waals surface area contributed by atoms with E-state index in [9.17, 15) is 18.0 Å². The summed E-state index contributed by atoms with van der Waals surface area (Å²) >= 11 is 0. The van der Waals surface area contributed by atoms with E-state index in [1.807, 2.05) is 12.1 Å². The zero-order valence-electron chi connectivity index (χ0n) is 15.3. The molecule has 0 aliphatic heterocycles. The van der Waals surface area contributed by atoms with Crippen molar-refractivity contribution in [2.45, 2.75) is 12.2 Å². The number of carbonyl (C=O) groups is 2. The van der Waals surface area contributed by atoms with Gasteiger partial charge in [-0.2, -0.15) is 0 Å². The number of hydrogen-bond donors (Lipinski definition) is 1. The first kappa shape index (κ1) is 20.6. The lowest BCUT2D eigenvalue weighted by atomic mass is 10.2. The molecular formula is C20H24N2O4S. The number of hydrogen-bond acceptors (Lipinski definition) is 4. The summed E-state index contributed by atoms with van der Waals surface area (Å²) in [6.07, 6.45) is 0.331. The molecule has 0 bridgehead atoms. The summed E-state index contributed by atoms with van der Waals surface area (Å²) in [4.78, 5) is 25.5. The Bertz CT molecular complexity index is 852. The highest BCUT2D eigenvalue weighted by molar-refractivity contribution is 7.90. The van der Waals surface area contributed by atoms with Gasteiger partial charge in [0, 0.05) is 19.2 Å². The van der Waals surface area contributed by atoms with Gasteiger partial charge < -0.3 is 10.2 Å². The molecule has 2 amide bonds. The summed E-state index contributed by atoms with van der Waals surface area (Å²) in [5.74, 6) is -0.560. The number of nitrogens with zero attached hydrogens (tertiary/aromatic N) is 1. The summed E-state index contributed by atoms with van der Waals surface area (Å²) in [6.45, 7) is 0.171. The second-order valence-electron chi connectivity index (χ2n) is 6.31. The highest BCUT2D eigenvalue weighted by Crippen LogP contribution is 2.07. The average molecular weight is 388 g/mol. The van der Waals surface area contributed by atoms with Crippen LogP contribution in [-0.2, 0) is 20.4 Å². The molecule has 0 unspecified atom stereocenters. The fraction of sp³-hybridized carbons (Fsp3) is 0.300. The maximum atomic E-state index is 12.2. The first-order valence-corrected chi connectivity index (χ1v) is 10.5. The molecule has 0 saturated carbocycles. The Hall–Kier alpha value is -2.67. The summed E-state index contributed by atoms with van der Waals surface area (Å²) in [5.41, 5.74) is 1.27. The molecule has 144 valence electrons. The zero-order valence-corrected chi connectivity index (χ0v) is 16.1. The molecule has 0 spiro atoms. The molecule has 0 atom stereocenters. The van der Waals surface area contributed by atoms with Crippen LogP contribution in [0.15, 0.2) is 60.7 Å². The minimum Gasteiger partial charge on any atom is -0.355 e. The van der Waals surface area contributed by atoms with Gasteiger partial charge in [-0.25, -0.2) is 8.42 Å². The van der Waals surface area contributed by atoms with Crippen molar-refractivity contribution in [3.63, 3.8) is 0 Å². The van der Waals surface area contributed by atoms with Crippen molar-refractivity contribution in [3.05, 3.63) is 71.8 Å². The van der Waals surface area contributed by atoms with Crippen LogP contribution in [0.5, 0.6) is 0 Å². The normalized spacial score (nSPS) is 11.0. The van der Waals surface area contributed by atoms with Crippen LogP contribution in [0, 0.1) is 0 Å². The molecule has 6 nitrogen and oxygen atoms in total. The second kappa shape index (κ2) is 9.87. The number of rotatable bonds is 9. The number of likely N-dealkylation sites (N-methyl/N-ethyl adjacent to an activating group) is 1. The molecule has 0 aliphatic carbocycles. The van der Waals surface area contributed by atoms with Crippen LogP contribution in [0.2, 0.25) is 0 Å². The number of nitrogens with one attached hydrogen (secondary N) is 1. The van der Waals surface area contributed by atoms with Crippen LogP contribution >= 0.6 is 0 Å². The summed E-state index contributed by atoms with van der Waals surface area (Å²) < 4.78 is 24.2. The number of carbonyl (C=O) groups excluding carboxylic acids is 2. The van der Waals surface area contributed by atoms with Gasteiger partial charge in [0.15, 0.2) is 9.84 Å². The average Bonchev–Trinajstić information content (AvgIpc) is 2.66. The number of sulfone groups is 1. The molecule has 2 aromatic rings. The van der Waals surface area contributed by atoms with E-state index in [0.717, 1.165) is 5.56 Å². The Balaban J connectivity index is 1.70. The van der Waals surface area contributed by atoms with Crippen molar-refractivity contribution in [1.29, 1.82) is 0 Å². The lowest BCUT2D eigenvalue weighted by Gasteiger charge is -2.16. The maximum absolute atomic E-state index is 12.2. The van der Waals surface area contributed by atoms with Gasteiger partial charge >= 0.3 is 0 Å². The Morgan fingerprint density at radius 1 is 0.963 bits per heavy atom. The fourth-order valence-corrected chi connectivity index (χ4v) is 3.99. The Labute approximate surface area is 160 Å². The molecule has 2 aromatic carbocycles. The van der Waals surface area contributed by atoms with Crippen molar-refractivity contribution in [2.24, 2.45) is 0 Å². The summed E-state index contributed by atoms with van der Waals surface area (Å²) in [6, 6.07) is 17.7. The first-order valence-electron chi connectivity index (χ1n) is 8.69. The molecule has 1 N–H and O–H groups in total. The molecule has 2 rings (SSSR count). The van der Waals surface area contributed by atoms with Crippen LogP contribution in [0.4, 0.5) is 0 Å². The van der Waals surface area contributed by atoms with Gasteiger partial charge in [0.25, 0.3) is 5.91 Å². The largest absolute Gasteiger partial charge is 0.355 e. The molecule has 27 heavy (non-hydrogen) atoms. The molecule has 0 heterocycles. The van der Waals surface area contributed by atoms with Crippen molar-refractivity contribution < 1.29 is 18.0 Å². The Kier molecular flexibility index (Phi) is 7.55. The van der Waals surface area contributed by atoms with Crippen LogP contribution < -0.4 is 5.32 Å². The van der Waals surface area contributed by atoms with E-state index in [-0.39, 0.29) is 36.4 Å². The van der Waals surface area contributed by atoms with Crippen LogP contribution in [-0.4, -0.2) is 51.0 Å². The Morgan fingerprint density at radius 2 is 1.56 bits per heavy atom. The third-order valence-corrected chi connectivity index (χ3v) is 5.62. The van der Waals surface area contributed by atoms with Gasteiger partial charge in [-0.05, 0) is 24.1 Å². The highest BCUT2D eigenvalue weighted by atomic mass is 32.2. The third-order valence-electron chi connectivity index (χ3n) is 3.93. The third kappa shape index (κ3) is 7.22. The fourth-order valence-electron chi connectivity index (χ4n) is 2.56. The smallest absolute Gasteiger partial charge is 0.254 e. The van der Waals surface area contributed by atoms with Gasteiger partial charge in [-0.1, -0.05) is 48.5 Å². The summed E-state index contributed by atoms with van der Waals surface area (Å²) in [7, 11) is -1.67. The summed E-state index contributed by atoms with van der Waals surface area (Å²) in [5, 5.41) is 2.66. The SMILES string of the molecule is CN(CC(=O)NCCCS(=O)(=O)Cc1ccccc1)C(=O)c1ccccc1. The zero-order chi connectivity index (χ0) is 19.7. The van der Waals surface area contributed by atoms with E-state index in [1.54, 1.807) is 55.6 Å². The van der Waals surface area contributed by atoms with Gasteiger partial charge in [-0.3, -0.25) is 9.59 Å². The lowest BCUT2D eigenvalue weighted by molar-refractivity contribution is -0.121. The quantitative estimate of drug-likeness (QED) is 0.665. The molecule has 7 heteroatoms. The molecule has 0 aliphatic rings.